The van der Waals surface area contributed by atoms with Crippen molar-refractivity contribution >= 4 is 0 Å². The average molecular weight is 216 g/mol. The fraction of sp³-hybridized carbons (Fsp3) is 1.00. The van der Waals surface area contributed by atoms with Crippen LogP contribution >= 0.6 is 0 Å². The van der Waals surface area contributed by atoms with E-state index in [4.69, 9.17) is 15.3 Å². The number of hydrazine groups is 1. The minimum atomic E-state index is 0.362. The quantitative estimate of drug-likeness (QED) is 0.364. The summed E-state index contributed by atoms with van der Waals surface area (Å²) in [6, 6.07) is 0.362. The fourth-order valence-electron chi connectivity index (χ4n) is 1.94. The molecule has 1 aliphatic rings. The molecule has 0 aromatic rings. The molecule has 1 rings (SSSR count). The van der Waals surface area contributed by atoms with Crippen LogP contribution in [0.2, 0.25) is 0 Å². The lowest BCUT2D eigenvalue weighted by molar-refractivity contribution is 0.0952. The second kappa shape index (κ2) is 8.05. The van der Waals surface area contributed by atoms with Crippen LogP contribution < -0.4 is 11.3 Å². The summed E-state index contributed by atoms with van der Waals surface area (Å²) in [6.45, 7) is 4.52. The molecule has 1 aliphatic heterocycles. The van der Waals surface area contributed by atoms with Gasteiger partial charge in [-0.1, -0.05) is 0 Å². The van der Waals surface area contributed by atoms with Crippen molar-refractivity contribution < 1.29 is 9.47 Å². The Morgan fingerprint density at radius 2 is 2.40 bits per heavy atom. The van der Waals surface area contributed by atoms with Gasteiger partial charge < -0.3 is 9.47 Å². The van der Waals surface area contributed by atoms with Crippen LogP contribution in [0.3, 0.4) is 0 Å². The van der Waals surface area contributed by atoms with Crippen LogP contribution in [0, 0.1) is 0 Å². The fourth-order valence-corrected chi connectivity index (χ4v) is 1.94. The number of ether oxygens (including phenoxy) is 2. The van der Waals surface area contributed by atoms with Crippen molar-refractivity contribution in [1.29, 1.82) is 0 Å². The number of rotatable bonds is 8. The molecule has 0 bridgehead atoms. The van der Waals surface area contributed by atoms with E-state index in [0.29, 0.717) is 12.1 Å². The molecule has 1 heterocycles. The lowest BCUT2D eigenvalue weighted by Gasteiger charge is -2.17. The van der Waals surface area contributed by atoms with Gasteiger partial charge in [-0.25, -0.2) is 0 Å². The van der Waals surface area contributed by atoms with Gasteiger partial charge in [0.05, 0.1) is 6.10 Å². The molecule has 4 nitrogen and oxygen atoms in total. The summed E-state index contributed by atoms with van der Waals surface area (Å²) in [5.74, 6) is 5.49. The van der Waals surface area contributed by atoms with E-state index in [2.05, 4.69) is 5.43 Å². The van der Waals surface area contributed by atoms with E-state index in [1.807, 2.05) is 6.92 Å². The van der Waals surface area contributed by atoms with Crippen molar-refractivity contribution in [3.63, 3.8) is 0 Å². The molecule has 1 saturated heterocycles. The molecule has 90 valence electrons. The Hall–Kier alpha value is -0.160. The summed E-state index contributed by atoms with van der Waals surface area (Å²) in [4.78, 5) is 0. The van der Waals surface area contributed by atoms with Crippen molar-refractivity contribution in [3.8, 4) is 0 Å². The van der Waals surface area contributed by atoms with Gasteiger partial charge in [-0.15, -0.1) is 0 Å². The SMILES string of the molecule is CCOCCC(CCC1CCCO1)NN. The maximum atomic E-state index is 5.57. The first-order valence-corrected chi connectivity index (χ1v) is 6.02. The molecule has 0 saturated carbocycles. The van der Waals surface area contributed by atoms with Crippen LogP contribution in [0.5, 0.6) is 0 Å². The number of nitrogens with one attached hydrogen (secondary N) is 1. The standard InChI is InChI=1S/C11H24N2O2/c1-2-14-9-7-10(13-12)5-6-11-4-3-8-15-11/h10-11,13H,2-9,12H2,1H3. The molecule has 0 amide bonds. The zero-order chi connectivity index (χ0) is 10.9. The Bertz CT molecular complexity index is 150. The molecule has 0 radical (unpaired) electrons. The van der Waals surface area contributed by atoms with Crippen molar-refractivity contribution in [3.05, 3.63) is 0 Å². The van der Waals surface area contributed by atoms with E-state index < -0.39 is 0 Å². The summed E-state index contributed by atoms with van der Waals surface area (Å²) in [5.41, 5.74) is 2.85. The molecule has 1 fully saturated rings. The molecule has 15 heavy (non-hydrogen) atoms. The van der Waals surface area contributed by atoms with E-state index in [1.165, 1.54) is 12.8 Å². The molecule has 2 unspecified atom stereocenters. The Morgan fingerprint density at radius 3 is 3.00 bits per heavy atom. The van der Waals surface area contributed by atoms with Crippen LogP contribution in [0.4, 0.5) is 0 Å². The van der Waals surface area contributed by atoms with Gasteiger partial charge in [-0.2, -0.15) is 0 Å². The lowest BCUT2D eigenvalue weighted by atomic mass is 10.0. The number of hydrogen-bond donors (Lipinski definition) is 2. The van der Waals surface area contributed by atoms with Crippen molar-refractivity contribution in [1.82, 2.24) is 5.43 Å². The molecule has 0 aliphatic carbocycles. The molecular formula is C11H24N2O2. The highest BCUT2D eigenvalue weighted by atomic mass is 16.5. The van der Waals surface area contributed by atoms with Gasteiger partial charge in [-0.3, -0.25) is 11.3 Å². The normalized spacial score (nSPS) is 23.2. The minimum Gasteiger partial charge on any atom is -0.382 e. The summed E-state index contributed by atoms with van der Waals surface area (Å²) >= 11 is 0. The number of nitrogens with two attached hydrogens (primary N) is 1. The third-order valence-electron chi connectivity index (χ3n) is 2.91. The zero-order valence-electron chi connectivity index (χ0n) is 9.71. The third kappa shape index (κ3) is 5.47. The monoisotopic (exact) mass is 216 g/mol. The first kappa shape index (κ1) is 12.9. The van der Waals surface area contributed by atoms with Gasteiger partial charge in [0, 0.05) is 25.9 Å². The van der Waals surface area contributed by atoms with Crippen LogP contribution in [-0.2, 0) is 9.47 Å². The largest absolute Gasteiger partial charge is 0.382 e. The Morgan fingerprint density at radius 1 is 1.53 bits per heavy atom. The van der Waals surface area contributed by atoms with E-state index in [9.17, 15) is 0 Å². The van der Waals surface area contributed by atoms with Crippen LogP contribution in [-0.4, -0.2) is 32.0 Å². The third-order valence-corrected chi connectivity index (χ3v) is 2.91. The zero-order valence-corrected chi connectivity index (χ0v) is 9.71. The highest BCUT2D eigenvalue weighted by Gasteiger charge is 2.17. The predicted octanol–water partition coefficient (Wildman–Crippen LogP) is 1.20. The molecule has 4 heteroatoms. The summed E-state index contributed by atoms with van der Waals surface area (Å²) < 4.78 is 10.9. The van der Waals surface area contributed by atoms with Crippen molar-refractivity contribution in [2.45, 2.75) is 51.2 Å². The average Bonchev–Trinajstić information content (AvgIpc) is 2.76. The van der Waals surface area contributed by atoms with Gasteiger partial charge in [0.1, 0.15) is 0 Å². The molecular weight excluding hydrogens is 192 g/mol. The van der Waals surface area contributed by atoms with E-state index in [-0.39, 0.29) is 0 Å². The van der Waals surface area contributed by atoms with Gasteiger partial charge in [0.25, 0.3) is 0 Å². The van der Waals surface area contributed by atoms with Gasteiger partial charge in [-0.05, 0) is 39.0 Å². The summed E-state index contributed by atoms with van der Waals surface area (Å²) in [6.07, 6.45) is 6.06. The maximum absolute atomic E-state index is 5.57. The Balaban J connectivity index is 2.04. The smallest absolute Gasteiger partial charge is 0.0576 e. The second-order valence-corrected chi connectivity index (χ2v) is 4.06. The van der Waals surface area contributed by atoms with Crippen molar-refractivity contribution in [2.24, 2.45) is 5.84 Å². The van der Waals surface area contributed by atoms with E-state index in [0.717, 1.165) is 39.1 Å². The lowest BCUT2D eigenvalue weighted by Crippen LogP contribution is -2.36. The number of hydrogen-bond acceptors (Lipinski definition) is 4. The molecule has 0 aromatic heterocycles. The molecule has 0 spiro atoms. The van der Waals surface area contributed by atoms with Crippen LogP contribution in [0.1, 0.15) is 39.0 Å². The van der Waals surface area contributed by atoms with E-state index >= 15 is 0 Å². The van der Waals surface area contributed by atoms with Gasteiger partial charge in [0.2, 0.25) is 0 Å². The molecule has 0 aromatic carbocycles. The summed E-state index contributed by atoms with van der Waals surface area (Å²) in [7, 11) is 0. The van der Waals surface area contributed by atoms with E-state index in [1.54, 1.807) is 0 Å². The van der Waals surface area contributed by atoms with Crippen molar-refractivity contribution in [2.75, 3.05) is 19.8 Å². The van der Waals surface area contributed by atoms with Crippen LogP contribution in [0.15, 0.2) is 0 Å². The Kier molecular flexibility index (Phi) is 6.92. The molecule has 2 atom stereocenters. The molecule has 3 N–H and O–H groups in total. The van der Waals surface area contributed by atoms with Gasteiger partial charge >= 0.3 is 0 Å². The van der Waals surface area contributed by atoms with Crippen LogP contribution in [0.25, 0.3) is 0 Å². The summed E-state index contributed by atoms with van der Waals surface area (Å²) in [5, 5.41) is 0. The maximum Gasteiger partial charge on any atom is 0.0576 e. The van der Waals surface area contributed by atoms with Gasteiger partial charge in [0.15, 0.2) is 0 Å². The predicted molar refractivity (Wildman–Crippen MR) is 60.4 cm³/mol. The highest BCUT2D eigenvalue weighted by molar-refractivity contribution is 4.70. The minimum absolute atomic E-state index is 0.362. The highest BCUT2D eigenvalue weighted by Crippen LogP contribution is 2.18. The Labute approximate surface area is 92.5 Å². The first-order valence-electron chi connectivity index (χ1n) is 6.02. The first-order chi connectivity index (χ1) is 7.36. The second-order valence-electron chi connectivity index (χ2n) is 4.06. The topological polar surface area (TPSA) is 56.5 Å².